The molecule has 4 heterocycles. The number of methoxy groups -OCH3 is 1. The number of aliphatic hydroxyl groups is 1. The Morgan fingerprint density at radius 2 is 1.56 bits per heavy atom. The number of benzene rings is 5. The number of carbonyl (C=O) groups is 2. The Morgan fingerprint density at radius 3 is 2.27 bits per heavy atom. The highest BCUT2D eigenvalue weighted by Gasteiger charge is 2.66. The molecule has 11 nitrogen and oxygen atoms in total. The van der Waals surface area contributed by atoms with Gasteiger partial charge in [0, 0.05) is 37.1 Å². The molecule has 316 valence electrons. The minimum absolute atomic E-state index is 0.0491. The molecule has 1 saturated heterocycles. The highest BCUT2D eigenvalue weighted by Crippen LogP contribution is 2.60. The van der Waals surface area contributed by atoms with Gasteiger partial charge in [0.15, 0.2) is 5.60 Å². The topological polar surface area (TPSA) is 122 Å². The van der Waals surface area contributed by atoms with Crippen molar-refractivity contribution in [1.82, 2.24) is 15.0 Å². The number of hydrazone groups is 1. The third-order valence-electron chi connectivity index (χ3n) is 13.3. The lowest BCUT2D eigenvalue weighted by molar-refractivity contribution is -0.146. The standard InChI is InChI=1S/C50H52N6O5Si/c1-34-48(62(3,4)40-25-23-39(60-2)24-26-40)46(29-30-54-32-44(51-53-54)41(33-57)36-13-7-5-8-14-36)61-50(34)42-17-11-12-18-45(42)55(49(50)59)31-35-19-21-38(22-20-35)56-47(58)28-27-43(52-56)37-15-9-6-10-16-37/h5-26,32,34,41,46,48,57H,27-31,33H2,1-4H3/t34-,41?,46+,48-,50+/m0/s1. The number of anilines is 2. The van der Waals surface area contributed by atoms with Gasteiger partial charge in [-0.1, -0.05) is 134 Å². The van der Waals surface area contributed by atoms with Crippen LogP contribution in [0.4, 0.5) is 11.4 Å². The fraction of sp³-hybridized carbons (Fsp3) is 0.300. The summed E-state index contributed by atoms with van der Waals surface area (Å²) in [6, 6.07) is 44.1. The Kier molecular flexibility index (Phi) is 11.2. The zero-order valence-corrected chi connectivity index (χ0v) is 36.6. The third-order valence-corrected chi connectivity index (χ3v) is 17.7. The molecule has 3 aliphatic rings. The molecule has 5 atom stereocenters. The van der Waals surface area contributed by atoms with Crippen molar-refractivity contribution in [3.63, 3.8) is 0 Å². The highest BCUT2D eigenvalue weighted by atomic mass is 28.3. The van der Waals surface area contributed by atoms with Crippen LogP contribution in [-0.2, 0) is 33.0 Å². The Morgan fingerprint density at radius 1 is 0.871 bits per heavy atom. The molecule has 1 unspecified atom stereocenters. The molecule has 2 amide bonds. The van der Waals surface area contributed by atoms with Crippen molar-refractivity contribution in [1.29, 1.82) is 0 Å². The van der Waals surface area contributed by atoms with Gasteiger partial charge in [-0.25, -0.2) is 5.01 Å². The molecule has 0 saturated carbocycles. The first kappa shape index (κ1) is 41.2. The van der Waals surface area contributed by atoms with Crippen LogP contribution in [-0.4, -0.2) is 65.5 Å². The molecule has 1 aromatic heterocycles. The monoisotopic (exact) mass is 844 g/mol. The molecule has 5 aromatic carbocycles. The number of aliphatic hydroxyl groups excluding tert-OH is 1. The first-order chi connectivity index (χ1) is 30.1. The molecule has 6 aromatic rings. The Bertz CT molecular complexity index is 2580. The first-order valence-electron chi connectivity index (χ1n) is 21.5. The number of hydrogen-bond acceptors (Lipinski definition) is 8. The van der Waals surface area contributed by atoms with E-state index in [4.69, 9.17) is 14.6 Å². The van der Waals surface area contributed by atoms with Crippen molar-refractivity contribution in [3.05, 3.63) is 168 Å². The quantitative estimate of drug-likeness (QED) is 0.118. The summed E-state index contributed by atoms with van der Waals surface area (Å²) in [5.74, 6) is 0.237. The van der Waals surface area contributed by atoms with E-state index >= 15 is 4.79 Å². The Balaban J connectivity index is 1.01. The number of hydrogen-bond donors (Lipinski definition) is 1. The summed E-state index contributed by atoms with van der Waals surface area (Å²) >= 11 is 0. The average Bonchev–Trinajstić information content (AvgIpc) is 3.97. The predicted octanol–water partition coefficient (Wildman–Crippen LogP) is 7.80. The molecule has 12 heteroatoms. The minimum atomic E-state index is -2.38. The van der Waals surface area contributed by atoms with Gasteiger partial charge in [-0.05, 0) is 59.0 Å². The van der Waals surface area contributed by atoms with Gasteiger partial charge in [0.1, 0.15) is 5.75 Å². The van der Waals surface area contributed by atoms with E-state index in [1.807, 2.05) is 131 Å². The van der Waals surface area contributed by atoms with E-state index in [2.05, 4.69) is 48.5 Å². The van der Waals surface area contributed by atoms with Crippen molar-refractivity contribution in [3.8, 4) is 5.75 Å². The van der Waals surface area contributed by atoms with Gasteiger partial charge in [-0.2, -0.15) is 5.10 Å². The molecular weight excluding hydrogens is 793 g/mol. The SMILES string of the molecule is COc1ccc([Si](C)(C)[C@@H]2[C@@H](CCn3cc(C(CO)c4ccccc4)nn3)O[C@]3(C(=O)N(Cc4ccc(N5N=C(c6ccccc6)CCC5=O)cc4)c4ccccc43)[C@H]2C)cc1. The lowest BCUT2D eigenvalue weighted by Gasteiger charge is -2.37. The van der Waals surface area contributed by atoms with Crippen LogP contribution >= 0.6 is 0 Å². The zero-order chi connectivity index (χ0) is 43.0. The van der Waals surface area contributed by atoms with Gasteiger partial charge in [-0.3, -0.25) is 14.3 Å². The summed E-state index contributed by atoms with van der Waals surface area (Å²) < 4.78 is 14.7. The van der Waals surface area contributed by atoms with Crippen molar-refractivity contribution in [2.24, 2.45) is 11.0 Å². The van der Waals surface area contributed by atoms with Gasteiger partial charge in [0.2, 0.25) is 5.91 Å². The molecule has 62 heavy (non-hydrogen) atoms. The lowest BCUT2D eigenvalue weighted by Crippen LogP contribution is -2.51. The normalized spacial score (nSPS) is 21.6. The average molecular weight is 845 g/mol. The Hall–Kier alpha value is -6.21. The van der Waals surface area contributed by atoms with E-state index in [0.717, 1.165) is 39.4 Å². The van der Waals surface area contributed by atoms with Gasteiger partial charge < -0.3 is 19.5 Å². The highest BCUT2D eigenvalue weighted by molar-refractivity contribution is 6.91. The molecule has 1 fully saturated rings. The summed E-state index contributed by atoms with van der Waals surface area (Å²) in [5.41, 5.74) is 5.76. The van der Waals surface area contributed by atoms with E-state index in [1.54, 1.807) is 7.11 Å². The van der Waals surface area contributed by atoms with Crippen LogP contribution in [0.2, 0.25) is 18.6 Å². The van der Waals surface area contributed by atoms with E-state index < -0.39 is 13.7 Å². The van der Waals surface area contributed by atoms with Gasteiger partial charge in [-0.15, -0.1) is 5.10 Å². The molecule has 1 N–H and O–H groups in total. The molecule has 0 bridgehead atoms. The number of para-hydroxylation sites is 1. The molecule has 0 aliphatic carbocycles. The number of aryl methyl sites for hydroxylation is 1. The maximum Gasteiger partial charge on any atom is 0.264 e. The fourth-order valence-electron chi connectivity index (χ4n) is 10.1. The summed E-state index contributed by atoms with van der Waals surface area (Å²) in [6.07, 6.45) is 3.24. The molecule has 0 radical (unpaired) electrons. The lowest BCUT2D eigenvalue weighted by atomic mass is 9.82. The summed E-state index contributed by atoms with van der Waals surface area (Å²) in [5, 5.41) is 26.9. The maximum atomic E-state index is 15.4. The van der Waals surface area contributed by atoms with Crippen molar-refractivity contribution < 1.29 is 24.2 Å². The number of fused-ring (bicyclic) bond motifs is 2. The smallest absolute Gasteiger partial charge is 0.264 e. The summed E-state index contributed by atoms with van der Waals surface area (Å²) in [4.78, 5) is 30.3. The first-order valence-corrected chi connectivity index (χ1v) is 24.5. The number of ether oxygens (including phenoxy) is 2. The van der Waals surface area contributed by atoms with E-state index in [-0.39, 0.29) is 41.9 Å². The molecule has 9 rings (SSSR count). The van der Waals surface area contributed by atoms with E-state index in [1.165, 1.54) is 10.2 Å². The fourth-order valence-corrected chi connectivity index (χ4v) is 14.2. The molecular formula is C50H52N6O5Si. The summed E-state index contributed by atoms with van der Waals surface area (Å²) in [7, 11) is -0.699. The van der Waals surface area contributed by atoms with Crippen molar-refractivity contribution in [2.45, 2.75) is 75.5 Å². The molecule has 3 aliphatic heterocycles. The van der Waals surface area contributed by atoms with Crippen LogP contribution < -0.4 is 19.8 Å². The van der Waals surface area contributed by atoms with Crippen LogP contribution in [0, 0.1) is 5.92 Å². The van der Waals surface area contributed by atoms with Crippen LogP contribution in [0.3, 0.4) is 0 Å². The van der Waals surface area contributed by atoms with E-state index in [0.29, 0.717) is 43.7 Å². The van der Waals surface area contributed by atoms with Gasteiger partial charge in [0.05, 0.1) is 63.1 Å². The van der Waals surface area contributed by atoms with Crippen molar-refractivity contribution >= 4 is 42.2 Å². The van der Waals surface area contributed by atoms with E-state index in [9.17, 15) is 9.90 Å². The second kappa shape index (κ2) is 16.9. The number of nitrogens with zero attached hydrogens (tertiary/aromatic N) is 6. The maximum absolute atomic E-state index is 15.4. The zero-order valence-electron chi connectivity index (χ0n) is 35.6. The number of carbonyl (C=O) groups excluding carboxylic acids is 2. The van der Waals surface area contributed by atoms with Gasteiger partial charge in [0.25, 0.3) is 5.91 Å². The Labute approximate surface area is 363 Å². The van der Waals surface area contributed by atoms with Crippen LogP contribution in [0.5, 0.6) is 5.75 Å². The minimum Gasteiger partial charge on any atom is -0.497 e. The molecule has 1 spiro atoms. The van der Waals surface area contributed by atoms with Crippen LogP contribution in [0.15, 0.2) is 145 Å². The van der Waals surface area contributed by atoms with Gasteiger partial charge >= 0.3 is 0 Å². The predicted molar refractivity (Wildman–Crippen MR) is 243 cm³/mol. The number of rotatable bonds is 13. The number of amides is 2. The van der Waals surface area contributed by atoms with Crippen LogP contribution in [0.1, 0.15) is 60.1 Å². The second-order valence-electron chi connectivity index (χ2n) is 17.2. The van der Waals surface area contributed by atoms with Crippen molar-refractivity contribution in [2.75, 3.05) is 23.6 Å². The number of aromatic nitrogens is 3. The third kappa shape index (κ3) is 7.35. The van der Waals surface area contributed by atoms with Crippen LogP contribution in [0.25, 0.3) is 0 Å². The second-order valence-corrected chi connectivity index (χ2v) is 21.9. The largest absolute Gasteiger partial charge is 0.497 e. The summed E-state index contributed by atoms with van der Waals surface area (Å²) in [6.45, 7) is 7.76.